The van der Waals surface area contributed by atoms with Crippen LogP contribution in [0.3, 0.4) is 0 Å². The highest BCUT2D eigenvalue weighted by molar-refractivity contribution is 5.91. The van der Waals surface area contributed by atoms with Crippen molar-refractivity contribution >= 4 is 5.97 Å². The highest BCUT2D eigenvalue weighted by Crippen LogP contribution is 2.27. The van der Waals surface area contributed by atoms with Gasteiger partial charge in [-0.15, -0.1) is 0 Å². The third kappa shape index (κ3) is 4.54. The number of hydrogen-bond acceptors (Lipinski definition) is 3. The number of hydrogen-bond donors (Lipinski definition) is 0. The first kappa shape index (κ1) is 17.9. The number of halogens is 2. The molecule has 5 heteroatoms. The van der Waals surface area contributed by atoms with Crippen LogP contribution in [0, 0.1) is 11.6 Å². The van der Waals surface area contributed by atoms with Crippen LogP contribution in [-0.2, 0) is 6.42 Å². The molecular weight excluding hydrogens is 314 g/mol. The molecule has 0 amide bonds. The van der Waals surface area contributed by atoms with Gasteiger partial charge in [-0.25, -0.2) is 13.6 Å². The number of carbonyl (C=O) groups excluding carboxylic acids is 1. The number of unbranched alkanes of at least 4 members (excludes halogenated alkanes) is 1. The number of rotatable bonds is 7. The molecule has 2 aromatic rings. The second-order valence-electron chi connectivity index (χ2n) is 5.34. The van der Waals surface area contributed by atoms with Crippen LogP contribution in [0.4, 0.5) is 8.78 Å². The van der Waals surface area contributed by atoms with E-state index in [2.05, 4.69) is 6.92 Å². The van der Waals surface area contributed by atoms with Gasteiger partial charge in [0.05, 0.1) is 12.2 Å². The standard InChI is InChI=1S/C19H20F2O3/c1-3-5-6-13-7-9-14(10-8-13)19(22)24-15-11-16(20)18(23-4-2)17(21)12-15/h7-12H,3-6H2,1-2H3. The number of esters is 1. The molecule has 24 heavy (non-hydrogen) atoms. The van der Waals surface area contributed by atoms with Gasteiger partial charge in [-0.1, -0.05) is 25.5 Å². The fraction of sp³-hybridized carbons (Fsp3) is 0.316. The molecule has 0 fully saturated rings. The zero-order chi connectivity index (χ0) is 17.5. The minimum atomic E-state index is -0.908. The molecule has 2 rings (SSSR count). The van der Waals surface area contributed by atoms with Crippen molar-refractivity contribution < 1.29 is 23.0 Å². The van der Waals surface area contributed by atoms with Gasteiger partial charge < -0.3 is 9.47 Å². The molecule has 0 spiro atoms. The van der Waals surface area contributed by atoms with Crippen molar-refractivity contribution in [2.75, 3.05) is 6.61 Å². The molecule has 128 valence electrons. The van der Waals surface area contributed by atoms with E-state index in [4.69, 9.17) is 9.47 Å². The summed E-state index contributed by atoms with van der Waals surface area (Å²) in [7, 11) is 0. The molecule has 0 atom stereocenters. The van der Waals surface area contributed by atoms with E-state index < -0.39 is 23.4 Å². The molecule has 3 nitrogen and oxygen atoms in total. The monoisotopic (exact) mass is 334 g/mol. The number of aryl methyl sites for hydroxylation is 1. The number of benzene rings is 2. The molecule has 0 saturated heterocycles. The summed E-state index contributed by atoms with van der Waals surface area (Å²) in [4.78, 5) is 12.1. The van der Waals surface area contributed by atoms with Gasteiger partial charge >= 0.3 is 5.97 Å². The van der Waals surface area contributed by atoms with Crippen molar-refractivity contribution in [2.45, 2.75) is 33.1 Å². The highest BCUT2D eigenvalue weighted by Gasteiger charge is 2.16. The minimum Gasteiger partial charge on any atom is -0.488 e. The molecule has 0 aliphatic carbocycles. The summed E-state index contributed by atoms with van der Waals surface area (Å²) < 4.78 is 37.4. The van der Waals surface area contributed by atoms with Crippen LogP contribution in [0.15, 0.2) is 36.4 Å². The van der Waals surface area contributed by atoms with Crippen LogP contribution in [0.25, 0.3) is 0 Å². The maximum absolute atomic E-state index is 13.8. The Morgan fingerprint density at radius 2 is 1.67 bits per heavy atom. The zero-order valence-corrected chi connectivity index (χ0v) is 13.8. The van der Waals surface area contributed by atoms with Gasteiger partial charge in [0.1, 0.15) is 5.75 Å². The second kappa shape index (κ2) is 8.43. The van der Waals surface area contributed by atoms with Gasteiger partial charge in [0.25, 0.3) is 0 Å². The smallest absolute Gasteiger partial charge is 0.343 e. The van der Waals surface area contributed by atoms with Crippen LogP contribution in [0.1, 0.15) is 42.6 Å². The molecular formula is C19H20F2O3. The lowest BCUT2D eigenvalue weighted by Gasteiger charge is -2.09. The fourth-order valence-corrected chi connectivity index (χ4v) is 2.23. The van der Waals surface area contributed by atoms with Crippen molar-refractivity contribution in [3.63, 3.8) is 0 Å². The Morgan fingerprint density at radius 1 is 1.04 bits per heavy atom. The normalized spacial score (nSPS) is 10.5. The average Bonchev–Trinajstić information content (AvgIpc) is 2.56. The Balaban J connectivity index is 2.09. The summed E-state index contributed by atoms with van der Waals surface area (Å²) in [6, 6.07) is 8.86. The van der Waals surface area contributed by atoms with E-state index in [9.17, 15) is 13.6 Å². The third-order valence-corrected chi connectivity index (χ3v) is 3.48. The SMILES string of the molecule is CCCCc1ccc(C(=O)Oc2cc(F)c(OCC)c(F)c2)cc1. The Morgan fingerprint density at radius 3 is 2.21 bits per heavy atom. The van der Waals surface area contributed by atoms with Gasteiger partial charge in [-0.2, -0.15) is 0 Å². The minimum absolute atomic E-state index is 0.136. The molecule has 0 radical (unpaired) electrons. The molecule has 0 heterocycles. The molecule has 2 aromatic carbocycles. The second-order valence-corrected chi connectivity index (χ2v) is 5.34. The Kier molecular flexibility index (Phi) is 6.29. The zero-order valence-electron chi connectivity index (χ0n) is 13.8. The molecule has 0 unspecified atom stereocenters. The predicted octanol–water partition coefficient (Wildman–Crippen LogP) is 4.93. The molecule has 0 saturated carbocycles. The Labute approximate surface area is 140 Å². The molecule has 0 aliphatic heterocycles. The first-order valence-corrected chi connectivity index (χ1v) is 7.98. The van der Waals surface area contributed by atoms with Gasteiger partial charge in [0, 0.05) is 12.1 Å². The van der Waals surface area contributed by atoms with E-state index in [0.717, 1.165) is 37.0 Å². The van der Waals surface area contributed by atoms with E-state index in [0.29, 0.717) is 5.56 Å². The quantitative estimate of drug-likeness (QED) is 0.532. The summed E-state index contributed by atoms with van der Waals surface area (Å²) in [6.07, 6.45) is 3.12. The van der Waals surface area contributed by atoms with Crippen molar-refractivity contribution in [2.24, 2.45) is 0 Å². The first-order chi connectivity index (χ1) is 11.5. The van der Waals surface area contributed by atoms with Gasteiger partial charge in [0.2, 0.25) is 0 Å². The van der Waals surface area contributed by atoms with Crippen LogP contribution in [0.2, 0.25) is 0 Å². The number of carbonyl (C=O) groups is 1. The summed E-state index contributed by atoms with van der Waals surface area (Å²) in [5.41, 5.74) is 1.46. The molecule has 0 aliphatic rings. The highest BCUT2D eigenvalue weighted by atomic mass is 19.1. The molecule has 0 N–H and O–H groups in total. The molecule has 0 aromatic heterocycles. The summed E-state index contributed by atoms with van der Waals surface area (Å²) in [5, 5.41) is 0. The Hall–Kier alpha value is -2.43. The van der Waals surface area contributed by atoms with Crippen molar-refractivity contribution in [3.05, 3.63) is 59.2 Å². The summed E-state index contributed by atoms with van der Waals surface area (Å²) >= 11 is 0. The van der Waals surface area contributed by atoms with Crippen molar-refractivity contribution in [1.29, 1.82) is 0 Å². The van der Waals surface area contributed by atoms with Gasteiger partial charge in [-0.05, 0) is 37.5 Å². The maximum atomic E-state index is 13.8. The van der Waals surface area contributed by atoms with Crippen LogP contribution >= 0.6 is 0 Å². The summed E-state index contributed by atoms with van der Waals surface area (Å²) in [5.74, 6) is -3.16. The average molecular weight is 334 g/mol. The van der Waals surface area contributed by atoms with Crippen molar-refractivity contribution in [1.82, 2.24) is 0 Å². The van der Waals surface area contributed by atoms with Crippen molar-refractivity contribution in [3.8, 4) is 11.5 Å². The van der Waals surface area contributed by atoms with E-state index >= 15 is 0 Å². The largest absolute Gasteiger partial charge is 0.488 e. The lowest BCUT2D eigenvalue weighted by atomic mass is 10.1. The Bertz CT molecular complexity index is 673. The van der Waals surface area contributed by atoms with Crippen LogP contribution in [0.5, 0.6) is 11.5 Å². The fourth-order valence-electron chi connectivity index (χ4n) is 2.23. The molecule has 0 bridgehead atoms. The topological polar surface area (TPSA) is 35.5 Å². The van der Waals surface area contributed by atoms with Crippen LogP contribution < -0.4 is 9.47 Å². The predicted molar refractivity (Wildman–Crippen MR) is 87.5 cm³/mol. The van der Waals surface area contributed by atoms with Gasteiger partial charge in [0.15, 0.2) is 17.4 Å². The van der Waals surface area contributed by atoms with E-state index in [1.165, 1.54) is 0 Å². The van der Waals surface area contributed by atoms with E-state index in [1.54, 1.807) is 19.1 Å². The van der Waals surface area contributed by atoms with E-state index in [1.807, 2.05) is 12.1 Å². The first-order valence-electron chi connectivity index (χ1n) is 7.98. The van der Waals surface area contributed by atoms with E-state index in [-0.39, 0.29) is 12.4 Å². The lowest BCUT2D eigenvalue weighted by molar-refractivity contribution is 0.0733. The maximum Gasteiger partial charge on any atom is 0.343 e. The third-order valence-electron chi connectivity index (χ3n) is 3.48. The lowest BCUT2D eigenvalue weighted by Crippen LogP contribution is -2.09. The summed E-state index contributed by atoms with van der Waals surface area (Å²) in [6.45, 7) is 3.87. The van der Waals surface area contributed by atoms with Crippen LogP contribution in [-0.4, -0.2) is 12.6 Å². The van der Waals surface area contributed by atoms with Gasteiger partial charge in [-0.3, -0.25) is 0 Å². The number of ether oxygens (including phenoxy) is 2.